The van der Waals surface area contributed by atoms with Crippen LogP contribution in [0.15, 0.2) is 41.2 Å². The average molecular weight is 303 g/mol. The van der Waals surface area contributed by atoms with Crippen molar-refractivity contribution in [3.63, 3.8) is 0 Å². The Morgan fingerprint density at radius 2 is 2.05 bits per heavy atom. The lowest BCUT2D eigenvalue weighted by atomic mass is 10.2. The number of nitrogens with one attached hydrogen (secondary N) is 2. The molecule has 2 amide bonds. The fourth-order valence-electron chi connectivity index (χ4n) is 1.75. The summed E-state index contributed by atoms with van der Waals surface area (Å²) < 4.78 is 0. The van der Waals surface area contributed by atoms with Crippen LogP contribution in [0.2, 0.25) is 0 Å². The number of rotatable bonds is 7. The van der Waals surface area contributed by atoms with Crippen LogP contribution in [0.3, 0.4) is 0 Å². The molecule has 0 spiro atoms. The van der Waals surface area contributed by atoms with E-state index in [0.717, 1.165) is 5.69 Å². The van der Waals surface area contributed by atoms with Crippen molar-refractivity contribution in [1.82, 2.24) is 15.6 Å². The molecule has 0 saturated heterocycles. The van der Waals surface area contributed by atoms with Gasteiger partial charge in [-0.05, 0) is 23.6 Å². The molecule has 0 fully saturated rings. The van der Waals surface area contributed by atoms with Crippen LogP contribution in [0.25, 0.3) is 0 Å². The van der Waals surface area contributed by atoms with Crippen molar-refractivity contribution in [3.8, 4) is 0 Å². The third-order valence-corrected chi connectivity index (χ3v) is 3.53. The summed E-state index contributed by atoms with van der Waals surface area (Å²) in [6.07, 6.45) is 2.71. The molecule has 0 atom stereocenters. The van der Waals surface area contributed by atoms with E-state index in [-0.39, 0.29) is 18.2 Å². The maximum absolute atomic E-state index is 11.6. The fraction of sp³-hybridized carbons (Fsp3) is 0.267. The molecule has 0 aromatic carbocycles. The van der Waals surface area contributed by atoms with E-state index in [1.165, 1.54) is 11.3 Å². The highest BCUT2D eigenvalue weighted by Gasteiger charge is 2.06. The second kappa shape index (κ2) is 8.16. The molecule has 5 nitrogen and oxygen atoms in total. The van der Waals surface area contributed by atoms with E-state index in [0.29, 0.717) is 25.1 Å². The van der Waals surface area contributed by atoms with Crippen molar-refractivity contribution < 1.29 is 9.59 Å². The summed E-state index contributed by atoms with van der Waals surface area (Å²) in [7, 11) is 0. The van der Waals surface area contributed by atoms with Gasteiger partial charge in [0.15, 0.2) is 0 Å². The third-order valence-electron chi connectivity index (χ3n) is 2.85. The molecule has 2 rings (SSSR count). The summed E-state index contributed by atoms with van der Waals surface area (Å²) in [5, 5.41) is 9.16. The van der Waals surface area contributed by atoms with Crippen molar-refractivity contribution in [2.24, 2.45) is 0 Å². The van der Waals surface area contributed by atoms with Gasteiger partial charge >= 0.3 is 0 Å². The summed E-state index contributed by atoms with van der Waals surface area (Å²) in [6.45, 7) is 0.887. The van der Waals surface area contributed by atoms with E-state index in [4.69, 9.17) is 0 Å². The highest BCUT2D eigenvalue weighted by Crippen LogP contribution is 2.05. The molecule has 0 aliphatic heterocycles. The average Bonchev–Trinajstić information content (AvgIpc) is 3.02. The van der Waals surface area contributed by atoms with Gasteiger partial charge in [0.25, 0.3) is 5.91 Å². The van der Waals surface area contributed by atoms with Gasteiger partial charge in [-0.25, -0.2) is 0 Å². The molecule has 110 valence electrons. The van der Waals surface area contributed by atoms with Crippen molar-refractivity contribution >= 4 is 23.2 Å². The number of pyridine rings is 1. The van der Waals surface area contributed by atoms with Crippen molar-refractivity contribution in [1.29, 1.82) is 0 Å². The zero-order chi connectivity index (χ0) is 14.9. The number of hydrogen-bond donors (Lipinski definition) is 2. The van der Waals surface area contributed by atoms with Gasteiger partial charge in [-0.15, -0.1) is 0 Å². The Morgan fingerprint density at radius 1 is 1.14 bits per heavy atom. The van der Waals surface area contributed by atoms with Gasteiger partial charge in [0.2, 0.25) is 5.91 Å². The minimum absolute atomic E-state index is 0.0726. The van der Waals surface area contributed by atoms with Crippen LogP contribution < -0.4 is 10.6 Å². The lowest BCUT2D eigenvalue weighted by molar-refractivity contribution is -0.120. The van der Waals surface area contributed by atoms with E-state index in [1.54, 1.807) is 17.6 Å². The van der Waals surface area contributed by atoms with Gasteiger partial charge in [0.05, 0.1) is 0 Å². The van der Waals surface area contributed by atoms with Crippen LogP contribution in [0, 0.1) is 0 Å². The van der Waals surface area contributed by atoms with Gasteiger partial charge < -0.3 is 10.6 Å². The Kier molecular flexibility index (Phi) is 5.90. The number of hydrogen-bond acceptors (Lipinski definition) is 4. The molecule has 0 aliphatic rings. The minimum Gasteiger partial charge on any atom is -0.356 e. The van der Waals surface area contributed by atoms with Crippen molar-refractivity contribution in [2.75, 3.05) is 13.1 Å². The van der Waals surface area contributed by atoms with Gasteiger partial charge in [0.1, 0.15) is 0 Å². The lowest BCUT2D eigenvalue weighted by Crippen LogP contribution is -2.31. The first kappa shape index (κ1) is 15.2. The lowest BCUT2D eigenvalue weighted by Gasteiger charge is -2.06. The molecular weight excluding hydrogens is 286 g/mol. The van der Waals surface area contributed by atoms with Crippen LogP contribution >= 0.6 is 11.3 Å². The highest BCUT2D eigenvalue weighted by atomic mass is 32.1. The molecule has 0 unspecified atom stereocenters. The van der Waals surface area contributed by atoms with E-state index < -0.39 is 0 Å². The molecule has 0 saturated carbocycles. The summed E-state index contributed by atoms with van der Waals surface area (Å²) in [4.78, 5) is 27.4. The summed E-state index contributed by atoms with van der Waals surface area (Å²) in [6, 6.07) is 7.46. The van der Waals surface area contributed by atoms with Gasteiger partial charge in [-0.1, -0.05) is 6.07 Å². The van der Waals surface area contributed by atoms with Crippen molar-refractivity contribution in [3.05, 3.63) is 52.5 Å². The monoisotopic (exact) mass is 303 g/mol. The zero-order valence-corrected chi connectivity index (χ0v) is 12.4. The van der Waals surface area contributed by atoms with Gasteiger partial charge in [-0.2, -0.15) is 11.3 Å². The normalized spacial score (nSPS) is 10.1. The Hall–Kier alpha value is -2.21. The topological polar surface area (TPSA) is 71.1 Å². The van der Waals surface area contributed by atoms with Crippen LogP contribution in [0.5, 0.6) is 0 Å². The predicted molar refractivity (Wildman–Crippen MR) is 82.2 cm³/mol. The van der Waals surface area contributed by atoms with Crippen LogP contribution in [-0.2, 0) is 11.2 Å². The molecule has 0 aliphatic carbocycles. The molecule has 2 aromatic heterocycles. The van der Waals surface area contributed by atoms with E-state index in [2.05, 4.69) is 15.6 Å². The summed E-state index contributed by atoms with van der Waals surface area (Å²) in [5.74, 6) is -0.214. The molecule has 0 bridgehead atoms. The molecule has 2 heterocycles. The summed E-state index contributed by atoms with van der Waals surface area (Å²) in [5.41, 5.74) is 1.58. The quantitative estimate of drug-likeness (QED) is 0.816. The number of carbonyl (C=O) groups is 2. The second-order valence-electron chi connectivity index (χ2n) is 4.44. The predicted octanol–water partition coefficient (Wildman–Crippen LogP) is 1.62. The number of thiophene rings is 1. The maximum Gasteiger partial charge on any atom is 0.252 e. The Bertz CT molecular complexity index is 570. The van der Waals surface area contributed by atoms with Crippen LogP contribution in [0.1, 0.15) is 22.5 Å². The standard InChI is InChI=1S/C15H17N3O2S/c19-14(17-8-4-13-3-1-2-7-16-13)5-9-18-15(20)12-6-10-21-11-12/h1-3,6-7,10-11H,4-5,8-9H2,(H,17,19)(H,18,20). The molecule has 2 aromatic rings. The number of carbonyl (C=O) groups excluding carboxylic acids is 2. The van der Waals surface area contributed by atoms with Crippen molar-refractivity contribution in [2.45, 2.75) is 12.8 Å². The Morgan fingerprint density at radius 3 is 2.76 bits per heavy atom. The Balaban J connectivity index is 1.58. The molecule has 21 heavy (non-hydrogen) atoms. The highest BCUT2D eigenvalue weighted by molar-refractivity contribution is 7.08. The maximum atomic E-state index is 11.6. The van der Waals surface area contributed by atoms with Crippen LogP contribution in [-0.4, -0.2) is 29.9 Å². The van der Waals surface area contributed by atoms with E-state index >= 15 is 0 Å². The largest absolute Gasteiger partial charge is 0.356 e. The van der Waals surface area contributed by atoms with Gasteiger partial charge in [-0.3, -0.25) is 14.6 Å². The smallest absolute Gasteiger partial charge is 0.252 e. The van der Waals surface area contributed by atoms with E-state index in [1.807, 2.05) is 23.6 Å². The number of amides is 2. The fourth-order valence-corrected chi connectivity index (χ4v) is 2.39. The first-order valence-corrected chi connectivity index (χ1v) is 7.67. The molecule has 2 N–H and O–H groups in total. The molecule has 6 heteroatoms. The Labute approximate surface area is 127 Å². The summed E-state index contributed by atoms with van der Waals surface area (Å²) >= 11 is 1.47. The number of aromatic nitrogens is 1. The first-order chi connectivity index (χ1) is 10.3. The molecule has 0 radical (unpaired) electrons. The third kappa shape index (κ3) is 5.35. The van der Waals surface area contributed by atoms with Crippen LogP contribution in [0.4, 0.5) is 0 Å². The zero-order valence-electron chi connectivity index (χ0n) is 11.5. The number of nitrogens with zero attached hydrogens (tertiary/aromatic N) is 1. The minimum atomic E-state index is -0.141. The van der Waals surface area contributed by atoms with E-state index in [9.17, 15) is 9.59 Å². The first-order valence-electron chi connectivity index (χ1n) is 6.73. The second-order valence-corrected chi connectivity index (χ2v) is 5.22. The van der Waals surface area contributed by atoms with Gasteiger partial charge in [0, 0.05) is 48.8 Å². The SMILES string of the molecule is O=C(CCNC(=O)c1ccsc1)NCCc1ccccn1. The molecular formula is C15H17N3O2S.